The second-order valence-corrected chi connectivity index (χ2v) is 6.56. The van der Waals surface area contributed by atoms with Gasteiger partial charge in [-0.2, -0.15) is 0 Å². The van der Waals surface area contributed by atoms with Crippen LogP contribution in [0, 0.1) is 0 Å². The molecule has 1 aromatic heterocycles. The third-order valence-corrected chi connectivity index (χ3v) is 4.73. The largest absolute Gasteiger partial charge is 0.392 e. The number of aromatic nitrogens is 2. The molecule has 1 aromatic rings. The van der Waals surface area contributed by atoms with E-state index in [-0.39, 0.29) is 13.2 Å². The van der Waals surface area contributed by atoms with Crippen LogP contribution in [0.25, 0.3) is 20.9 Å². The lowest BCUT2D eigenvalue weighted by Gasteiger charge is -2.36. The lowest BCUT2D eigenvalue weighted by molar-refractivity contribution is -0.216. The van der Waals surface area contributed by atoms with Gasteiger partial charge in [-0.25, -0.2) is 4.79 Å². The van der Waals surface area contributed by atoms with Crippen LogP contribution in [0.5, 0.6) is 0 Å². The van der Waals surface area contributed by atoms with Gasteiger partial charge < -0.3 is 29.5 Å². The fourth-order valence-corrected chi connectivity index (χ4v) is 3.19. The van der Waals surface area contributed by atoms with Crippen LogP contribution in [0.1, 0.15) is 6.23 Å². The fraction of sp³-hybridized carbons (Fsp3) is 0.714. The Kier molecular flexibility index (Phi) is 6.71. The molecule has 16 heteroatoms. The highest BCUT2D eigenvalue weighted by molar-refractivity contribution is 4.95. The highest BCUT2D eigenvalue weighted by Crippen LogP contribution is 2.29. The molecule has 0 aromatic carbocycles. The summed E-state index contributed by atoms with van der Waals surface area (Å²) >= 11 is 0. The molecule has 0 amide bonds. The van der Waals surface area contributed by atoms with E-state index in [4.69, 9.17) is 25.3 Å². The summed E-state index contributed by atoms with van der Waals surface area (Å²) in [4.78, 5) is 30.3. The number of azide groups is 2. The van der Waals surface area contributed by atoms with Gasteiger partial charge in [0, 0.05) is 22.1 Å². The van der Waals surface area contributed by atoms with Crippen LogP contribution in [0.3, 0.4) is 0 Å². The Morgan fingerprint density at radius 3 is 2.60 bits per heavy atom. The zero-order chi connectivity index (χ0) is 21.8. The maximum Gasteiger partial charge on any atom is 0.330 e. The van der Waals surface area contributed by atoms with Gasteiger partial charge in [-0.3, -0.25) is 14.3 Å². The van der Waals surface area contributed by atoms with Gasteiger partial charge in [0.15, 0.2) is 12.5 Å². The van der Waals surface area contributed by atoms with Crippen LogP contribution in [0.4, 0.5) is 0 Å². The maximum absolute atomic E-state index is 11.9. The van der Waals surface area contributed by atoms with E-state index < -0.39 is 60.3 Å². The second-order valence-electron chi connectivity index (χ2n) is 6.56. The van der Waals surface area contributed by atoms with Crippen LogP contribution in [0.2, 0.25) is 0 Å². The summed E-state index contributed by atoms with van der Waals surface area (Å²) in [7, 11) is 0. The molecule has 16 nitrogen and oxygen atoms in total. The van der Waals surface area contributed by atoms with Gasteiger partial charge in [-0.15, -0.1) is 0 Å². The lowest BCUT2D eigenvalue weighted by Crippen LogP contribution is -2.52. The Morgan fingerprint density at radius 2 is 1.93 bits per heavy atom. The first-order chi connectivity index (χ1) is 14.4. The molecule has 2 saturated heterocycles. The van der Waals surface area contributed by atoms with Crippen LogP contribution in [-0.4, -0.2) is 80.9 Å². The molecule has 2 aliphatic heterocycles. The van der Waals surface area contributed by atoms with Gasteiger partial charge >= 0.3 is 5.69 Å². The van der Waals surface area contributed by atoms with E-state index in [9.17, 15) is 24.9 Å². The number of hydrogen-bond acceptors (Lipinski definition) is 10. The standard InChI is InChI=1S/C14H18N8O8/c15-20-18-5-3-28-13(8(9(5)24)19-21-16)29-4-6-10(25)11(26)12(30-6)22-2-1-7(23)17-14(22)27/h1-2,5-6,8-13,24-26H,3-4H2,(H,17,23,27)/t5-,6-,8-,9+,10-,11-,12-,13+/m1/s1. The summed E-state index contributed by atoms with van der Waals surface area (Å²) in [6, 6.07) is -1.19. The molecule has 8 atom stereocenters. The van der Waals surface area contributed by atoms with Gasteiger partial charge in [0.25, 0.3) is 5.56 Å². The van der Waals surface area contributed by atoms with Crippen molar-refractivity contribution in [2.24, 2.45) is 10.2 Å². The number of aliphatic hydroxyl groups excluding tert-OH is 3. The number of H-pyrrole nitrogens is 1. The van der Waals surface area contributed by atoms with E-state index in [1.54, 1.807) is 0 Å². The summed E-state index contributed by atoms with van der Waals surface area (Å²) < 4.78 is 17.2. The SMILES string of the molecule is [N-]=[N+]=N[C@H]1[C@H](OC[C@H]2O[C@@H](n3ccc(=O)[nH]c3=O)[C@H](O)[C@@H]2O)OC[C@@H](N=[N+]=[N-])[C@@H]1O. The zero-order valence-electron chi connectivity index (χ0n) is 15.2. The molecule has 3 rings (SSSR count). The smallest absolute Gasteiger partial charge is 0.330 e. The second kappa shape index (κ2) is 9.25. The third-order valence-electron chi connectivity index (χ3n) is 4.73. The van der Waals surface area contributed by atoms with Crippen molar-refractivity contribution < 1.29 is 29.5 Å². The Labute approximate surface area is 166 Å². The maximum atomic E-state index is 11.9. The molecule has 2 fully saturated rings. The number of nitrogens with one attached hydrogen (secondary N) is 1. The Hall–Kier alpha value is -2.94. The number of nitrogens with zero attached hydrogens (tertiary/aromatic N) is 7. The van der Waals surface area contributed by atoms with Gasteiger partial charge in [0.1, 0.15) is 24.4 Å². The predicted molar refractivity (Wildman–Crippen MR) is 94.8 cm³/mol. The Bertz CT molecular complexity index is 969. The third kappa shape index (κ3) is 4.30. The van der Waals surface area contributed by atoms with Crippen molar-refractivity contribution in [2.45, 2.75) is 49.0 Å². The first-order valence-corrected chi connectivity index (χ1v) is 8.70. The quantitative estimate of drug-likeness (QED) is 0.230. The first-order valence-electron chi connectivity index (χ1n) is 8.70. The number of hydrogen-bond donors (Lipinski definition) is 4. The van der Waals surface area contributed by atoms with E-state index in [2.05, 4.69) is 20.1 Å². The first kappa shape index (κ1) is 21.8. The van der Waals surface area contributed by atoms with E-state index >= 15 is 0 Å². The van der Waals surface area contributed by atoms with Crippen LogP contribution >= 0.6 is 0 Å². The van der Waals surface area contributed by atoms with E-state index in [0.717, 1.165) is 16.8 Å². The minimum atomic E-state index is -1.51. The summed E-state index contributed by atoms with van der Waals surface area (Å²) in [5.41, 5.74) is 15.7. The van der Waals surface area contributed by atoms with Crippen molar-refractivity contribution in [1.82, 2.24) is 9.55 Å². The number of aromatic amines is 1. The number of rotatable bonds is 6. The Morgan fingerprint density at radius 1 is 1.20 bits per heavy atom. The molecule has 162 valence electrons. The fourth-order valence-electron chi connectivity index (χ4n) is 3.19. The summed E-state index contributed by atoms with van der Waals surface area (Å²) in [5, 5.41) is 37.4. The molecule has 0 bridgehead atoms. The molecule has 0 unspecified atom stereocenters. The topological polar surface area (TPSA) is 241 Å². The molecule has 30 heavy (non-hydrogen) atoms. The predicted octanol–water partition coefficient (Wildman–Crippen LogP) is -1.75. The monoisotopic (exact) mass is 426 g/mol. The van der Waals surface area contributed by atoms with Crippen LogP contribution < -0.4 is 11.2 Å². The molecule has 0 saturated carbocycles. The number of ether oxygens (including phenoxy) is 3. The molecule has 0 radical (unpaired) electrons. The van der Waals surface area contributed by atoms with Crippen molar-refractivity contribution in [3.8, 4) is 0 Å². The van der Waals surface area contributed by atoms with Crippen molar-refractivity contribution in [2.75, 3.05) is 13.2 Å². The van der Waals surface area contributed by atoms with Crippen molar-refractivity contribution >= 4 is 0 Å². The van der Waals surface area contributed by atoms with E-state index in [1.165, 1.54) is 0 Å². The molecule has 0 aliphatic carbocycles. The van der Waals surface area contributed by atoms with Gasteiger partial charge in [0.2, 0.25) is 0 Å². The lowest BCUT2D eigenvalue weighted by atomic mass is 10.0. The molecule has 0 spiro atoms. The molecule has 2 aliphatic rings. The minimum Gasteiger partial charge on any atom is -0.392 e. The van der Waals surface area contributed by atoms with Gasteiger partial charge in [-0.1, -0.05) is 10.2 Å². The normalized spacial score (nSPS) is 36.0. The summed E-state index contributed by atoms with van der Waals surface area (Å²) in [6.07, 6.45) is -6.89. The van der Waals surface area contributed by atoms with Crippen LogP contribution in [0.15, 0.2) is 32.1 Å². The summed E-state index contributed by atoms with van der Waals surface area (Å²) in [6.45, 7) is -0.576. The molecule has 4 N–H and O–H groups in total. The average molecular weight is 426 g/mol. The summed E-state index contributed by atoms with van der Waals surface area (Å²) in [5.74, 6) is 0. The van der Waals surface area contributed by atoms with Gasteiger partial charge in [0.05, 0.1) is 25.4 Å². The van der Waals surface area contributed by atoms with Gasteiger partial charge in [-0.05, 0) is 11.1 Å². The van der Waals surface area contributed by atoms with Crippen molar-refractivity contribution in [1.29, 1.82) is 0 Å². The molecular formula is C14H18N8O8. The molecule has 3 heterocycles. The minimum absolute atomic E-state index is 0.209. The highest BCUT2D eigenvalue weighted by atomic mass is 16.7. The van der Waals surface area contributed by atoms with Crippen molar-refractivity contribution in [3.05, 3.63) is 54.0 Å². The zero-order valence-corrected chi connectivity index (χ0v) is 15.2. The van der Waals surface area contributed by atoms with E-state index in [0.29, 0.717) is 0 Å². The van der Waals surface area contributed by atoms with E-state index in [1.807, 2.05) is 4.98 Å². The average Bonchev–Trinajstić information content (AvgIpc) is 2.99. The number of aliphatic hydroxyl groups is 3. The molecular weight excluding hydrogens is 408 g/mol. The van der Waals surface area contributed by atoms with Crippen LogP contribution in [-0.2, 0) is 14.2 Å². The highest BCUT2D eigenvalue weighted by Gasteiger charge is 2.46. The van der Waals surface area contributed by atoms with Crippen molar-refractivity contribution in [3.63, 3.8) is 0 Å². The Balaban J connectivity index is 1.69.